The second kappa shape index (κ2) is 11.4. The fraction of sp³-hybridized carbons (Fsp3) is 0.625. The number of thiophene rings is 1. The van der Waals surface area contributed by atoms with Gasteiger partial charge in [0.15, 0.2) is 0 Å². The Morgan fingerprint density at radius 3 is 2.57 bits per heavy atom. The Morgan fingerprint density at radius 2 is 1.94 bits per heavy atom. The molecule has 0 spiro atoms. The van der Waals surface area contributed by atoms with Crippen molar-refractivity contribution >= 4 is 40.6 Å². The van der Waals surface area contributed by atoms with E-state index in [1.165, 1.54) is 16.0 Å². The van der Waals surface area contributed by atoms with Gasteiger partial charge in [-0.1, -0.05) is 11.6 Å². The molecule has 0 aromatic carbocycles. The highest BCUT2D eigenvalue weighted by Gasteiger charge is 2.33. The molecule has 9 nitrogen and oxygen atoms in total. The number of halogens is 1. The Balaban J connectivity index is 1.43. The molecule has 35 heavy (non-hydrogen) atoms. The van der Waals surface area contributed by atoms with Gasteiger partial charge in [-0.05, 0) is 38.8 Å². The maximum atomic E-state index is 13.2. The third-order valence-corrected chi connectivity index (χ3v) is 7.93. The van der Waals surface area contributed by atoms with Gasteiger partial charge >= 0.3 is 0 Å². The minimum Gasteiger partial charge on any atom is -0.395 e. The summed E-state index contributed by atoms with van der Waals surface area (Å²) >= 11 is 7.53. The molecule has 1 amide bonds. The molecule has 0 unspecified atom stereocenters. The van der Waals surface area contributed by atoms with E-state index < -0.39 is 5.41 Å². The first kappa shape index (κ1) is 26.1. The minimum atomic E-state index is -0.957. The van der Waals surface area contributed by atoms with Crippen LogP contribution >= 0.6 is 22.9 Å². The number of amides is 1. The number of likely N-dealkylation sites (tertiary alicyclic amines) is 1. The van der Waals surface area contributed by atoms with Crippen LogP contribution in [-0.4, -0.2) is 89.0 Å². The summed E-state index contributed by atoms with van der Waals surface area (Å²) in [5.41, 5.74) is -0.125. The van der Waals surface area contributed by atoms with Gasteiger partial charge < -0.3 is 20.1 Å². The van der Waals surface area contributed by atoms with Crippen molar-refractivity contribution in [3.05, 3.63) is 33.1 Å². The maximum absolute atomic E-state index is 13.2. The summed E-state index contributed by atoms with van der Waals surface area (Å²) in [6.07, 6.45) is 1.59. The van der Waals surface area contributed by atoms with Crippen LogP contribution in [0.5, 0.6) is 0 Å². The van der Waals surface area contributed by atoms with Crippen LogP contribution in [-0.2, 0) is 16.1 Å². The molecule has 2 saturated heterocycles. The van der Waals surface area contributed by atoms with Gasteiger partial charge in [0.2, 0.25) is 5.91 Å². The van der Waals surface area contributed by atoms with E-state index in [0.29, 0.717) is 49.5 Å². The SMILES string of the molecule is CC(C)(CO)C(=O)n1nc(C2CCN(C(=O)CN3CCOCC3)CC2)cc1NCc1ccc(Cl)s1. The monoisotopic (exact) mass is 523 g/mol. The number of ether oxygens (including phenoxy) is 1. The summed E-state index contributed by atoms with van der Waals surface area (Å²) < 4.78 is 7.46. The third kappa shape index (κ3) is 6.42. The molecule has 0 aliphatic carbocycles. The number of piperidine rings is 1. The standard InChI is InChI=1S/C24H34ClN5O4S/c1-24(2,16-31)23(33)30-21(26-14-18-3-4-20(25)35-18)13-19(27-30)17-5-7-29(8-6-17)22(32)15-28-9-11-34-12-10-28/h3-4,13,17,26,31H,5-12,14-16H2,1-2H3. The Morgan fingerprint density at radius 1 is 1.23 bits per heavy atom. The van der Waals surface area contributed by atoms with Gasteiger partial charge in [-0.3, -0.25) is 14.5 Å². The second-order valence-corrected chi connectivity index (χ2v) is 11.6. The quantitative estimate of drug-likeness (QED) is 0.548. The number of anilines is 1. The van der Waals surface area contributed by atoms with Gasteiger partial charge in [-0.15, -0.1) is 11.3 Å². The van der Waals surface area contributed by atoms with Crippen LogP contribution in [0.15, 0.2) is 18.2 Å². The van der Waals surface area contributed by atoms with Crippen molar-refractivity contribution in [1.82, 2.24) is 19.6 Å². The van der Waals surface area contributed by atoms with E-state index in [0.717, 1.165) is 36.5 Å². The average Bonchev–Trinajstić information content (AvgIpc) is 3.49. The third-order valence-electron chi connectivity index (χ3n) is 6.70. The van der Waals surface area contributed by atoms with Crippen molar-refractivity contribution in [1.29, 1.82) is 0 Å². The molecule has 0 bridgehead atoms. The van der Waals surface area contributed by atoms with Gasteiger partial charge in [-0.25, -0.2) is 0 Å². The van der Waals surface area contributed by atoms with Crippen LogP contribution in [0, 0.1) is 5.41 Å². The summed E-state index contributed by atoms with van der Waals surface area (Å²) in [6, 6.07) is 5.72. The minimum absolute atomic E-state index is 0.158. The highest BCUT2D eigenvalue weighted by Crippen LogP contribution is 2.31. The Kier molecular flexibility index (Phi) is 8.49. The highest BCUT2D eigenvalue weighted by atomic mass is 35.5. The second-order valence-electron chi connectivity index (χ2n) is 9.82. The maximum Gasteiger partial charge on any atom is 0.256 e. The molecule has 2 aromatic rings. The Hall–Kier alpha value is -1.98. The number of carbonyl (C=O) groups is 2. The summed E-state index contributed by atoms with van der Waals surface area (Å²) in [6.45, 7) is 8.40. The lowest BCUT2D eigenvalue weighted by Gasteiger charge is -2.34. The van der Waals surface area contributed by atoms with Gasteiger partial charge in [0.25, 0.3) is 5.91 Å². The molecule has 2 fully saturated rings. The molecule has 2 aliphatic heterocycles. The predicted octanol–water partition coefficient (Wildman–Crippen LogP) is 2.91. The van der Waals surface area contributed by atoms with E-state index >= 15 is 0 Å². The summed E-state index contributed by atoms with van der Waals surface area (Å²) in [5.74, 6) is 0.649. The zero-order valence-corrected chi connectivity index (χ0v) is 21.9. The van der Waals surface area contributed by atoms with Gasteiger partial charge in [0.05, 0.1) is 48.4 Å². The predicted molar refractivity (Wildman–Crippen MR) is 136 cm³/mol. The Bertz CT molecular complexity index is 1030. The Labute approximate surface area is 215 Å². The summed E-state index contributed by atoms with van der Waals surface area (Å²) in [5, 5.41) is 17.7. The smallest absolute Gasteiger partial charge is 0.256 e. The van der Waals surface area contributed by atoms with Crippen LogP contribution in [0.2, 0.25) is 4.34 Å². The van der Waals surface area contributed by atoms with E-state index in [1.54, 1.807) is 13.8 Å². The summed E-state index contributed by atoms with van der Waals surface area (Å²) in [7, 11) is 0. The molecule has 11 heteroatoms. The first-order valence-electron chi connectivity index (χ1n) is 12.1. The molecule has 4 heterocycles. The molecular formula is C24H34ClN5O4S. The van der Waals surface area contributed by atoms with Crippen LogP contribution < -0.4 is 5.32 Å². The van der Waals surface area contributed by atoms with E-state index in [2.05, 4.69) is 15.3 Å². The lowest BCUT2D eigenvalue weighted by Crippen LogP contribution is -2.46. The average molecular weight is 524 g/mol. The van der Waals surface area contributed by atoms with Crippen LogP contribution in [0.25, 0.3) is 0 Å². The molecule has 0 saturated carbocycles. The number of nitrogens with one attached hydrogen (secondary N) is 1. The number of rotatable bonds is 8. The lowest BCUT2D eigenvalue weighted by molar-refractivity contribution is -0.134. The largest absolute Gasteiger partial charge is 0.395 e. The number of hydrogen-bond acceptors (Lipinski definition) is 8. The molecule has 2 aromatic heterocycles. The van der Waals surface area contributed by atoms with Crippen molar-refractivity contribution in [2.75, 3.05) is 57.9 Å². The molecule has 0 radical (unpaired) electrons. The van der Waals surface area contributed by atoms with Crippen molar-refractivity contribution < 1.29 is 19.4 Å². The van der Waals surface area contributed by atoms with Crippen LogP contribution in [0.1, 0.15) is 48.0 Å². The highest BCUT2D eigenvalue weighted by molar-refractivity contribution is 7.16. The van der Waals surface area contributed by atoms with Crippen molar-refractivity contribution in [3.63, 3.8) is 0 Å². The van der Waals surface area contributed by atoms with Crippen LogP contribution in [0.3, 0.4) is 0 Å². The van der Waals surface area contributed by atoms with Gasteiger partial charge in [-0.2, -0.15) is 9.78 Å². The molecule has 2 N–H and O–H groups in total. The first-order chi connectivity index (χ1) is 16.8. The first-order valence-corrected chi connectivity index (χ1v) is 13.3. The number of carbonyl (C=O) groups excluding carboxylic acids is 2. The molecule has 2 aliphatic rings. The number of aromatic nitrogens is 2. The lowest BCUT2D eigenvalue weighted by atomic mass is 9.93. The van der Waals surface area contributed by atoms with Crippen molar-refractivity contribution in [3.8, 4) is 0 Å². The van der Waals surface area contributed by atoms with E-state index in [1.807, 2.05) is 23.1 Å². The number of aliphatic hydroxyl groups excluding tert-OH is 1. The van der Waals surface area contributed by atoms with E-state index in [4.69, 9.17) is 16.3 Å². The van der Waals surface area contributed by atoms with Crippen molar-refractivity contribution in [2.45, 2.75) is 39.2 Å². The number of nitrogens with zero attached hydrogens (tertiary/aromatic N) is 4. The van der Waals surface area contributed by atoms with Crippen molar-refractivity contribution in [2.24, 2.45) is 5.41 Å². The van der Waals surface area contributed by atoms with Crippen LogP contribution in [0.4, 0.5) is 5.82 Å². The number of morpholine rings is 1. The normalized spacial score (nSPS) is 18.1. The molecule has 192 valence electrons. The number of hydrogen-bond donors (Lipinski definition) is 2. The van der Waals surface area contributed by atoms with E-state index in [-0.39, 0.29) is 24.3 Å². The molecule has 4 rings (SSSR count). The topological polar surface area (TPSA) is 99.9 Å². The fourth-order valence-corrected chi connectivity index (χ4v) is 5.36. The molecular weight excluding hydrogens is 490 g/mol. The van der Waals surface area contributed by atoms with Gasteiger partial charge in [0.1, 0.15) is 5.82 Å². The number of aliphatic hydroxyl groups is 1. The van der Waals surface area contributed by atoms with Gasteiger partial charge in [0, 0.05) is 43.0 Å². The zero-order chi connectivity index (χ0) is 25.0. The fourth-order valence-electron chi connectivity index (χ4n) is 4.33. The molecule has 0 atom stereocenters. The summed E-state index contributed by atoms with van der Waals surface area (Å²) in [4.78, 5) is 31.1. The van der Waals surface area contributed by atoms with E-state index in [9.17, 15) is 14.7 Å². The zero-order valence-electron chi connectivity index (χ0n) is 20.3.